The highest BCUT2D eigenvalue weighted by Gasteiger charge is 1.86. The fourth-order valence-corrected chi connectivity index (χ4v) is 0.940. The molecule has 0 nitrogen and oxygen atoms in total. The van der Waals surface area contributed by atoms with E-state index in [2.05, 4.69) is 19.9 Å². The number of hydrogen-bond acceptors (Lipinski definition) is 0. The van der Waals surface area contributed by atoms with Gasteiger partial charge in [0.1, 0.15) is 0 Å². The van der Waals surface area contributed by atoms with E-state index in [0.717, 1.165) is 24.3 Å². The molecule has 1 heteroatoms. The van der Waals surface area contributed by atoms with Gasteiger partial charge in [0.05, 0.1) is 0 Å². The van der Waals surface area contributed by atoms with E-state index in [9.17, 15) is 0 Å². The third-order valence-corrected chi connectivity index (χ3v) is 1.49. The van der Waals surface area contributed by atoms with Gasteiger partial charge < -0.3 is 0 Å². The van der Waals surface area contributed by atoms with Gasteiger partial charge in [0, 0.05) is 5.03 Å². The van der Waals surface area contributed by atoms with Gasteiger partial charge in [-0.1, -0.05) is 44.4 Å². The molecule has 0 saturated carbocycles. The quantitative estimate of drug-likeness (QED) is 0.567. The predicted molar refractivity (Wildman–Crippen MR) is 43.8 cm³/mol. The Kier molecular flexibility index (Phi) is 6.18. The Balaban J connectivity index is 3.30. The van der Waals surface area contributed by atoms with Crippen LogP contribution in [0.15, 0.2) is 11.1 Å². The summed E-state index contributed by atoms with van der Waals surface area (Å²) in [6, 6.07) is 0. The lowest BCUT2D eigenvalue weighted by Gasteiger charge is -1.92. The average molecular weight is 147 g/mol. The fourth-order valence-electron chi connectivity index (χ4n) is 0.642. The third kappa shape index (κ3) is 5.91. The summed E-state index contributed by atoms with van der Waals surface area (Å²) in [7, 11) is 0. The summed E-state index contributed by atoms with van der Waals surface area (Å²) in [6.45, 7) is 4.30. The summed E-state index contributed by atoms with van der Waals surface area (Å²) in [5.41, 5.74) is 0. The molecule has 0 unspecified atom stereocenters. The molecule has 0 aliphatic rings. The molecule has 0 amide bonds. The molecule has 0 atom stereocenters. The molecule has 9 heavy (non-hydrogen) atoms. The highest BCUT2D eigenvalue weighted by molar-refractivity contribution is 6.29. The Morgan fingerprint density at radius 2 is 2.00 bits per heavy atom. The lowest BCUT2D eigenvalue weighted by atomic mass is 10.2. The molecule has 0 aromatic rings. The van der Waals surface area contributed by atoms with Crippen molar-refractivity contribution in [2.24, 2.45) is 0 Å². The zero-order valence-corrected chi connectivity index (χ0v) is 7.04. The van der Waals surface area contributed by atoms with Gasteiger partial charge in [-0.2, -0.15) is 0 Å². The van der Waals surface area contributed by atoms with Gasteiger partial charge in [0.25, 0.3) is 0 Å². The minimum Gasteiger partial charge on any atom is -0.0895 e. The van der Waals surface area contributed by atoms with E-state index in [0.29, 0.717) is 0 Å². The molecule has 54 valence electrons. The van der Waals surface area contributed by atoms with Gasteiger partial charge in [-0.05, 0) is 12.8 Å². The summed E-state index contributed by atoms with van der Waals surface area (Å²) in [4.78, 5) is 0. The Bertz CT molecular complexity index is 84.6. The second-order valence-electron chi connectivity index (χ2n) is 2.19. The van der Waals surface area contributed by atoms with Crippen molar-refractivity contribution in [3.05, 3.63) is 11.1 Å². The summed E-state index contributed by atoms with van der Waals surface area (Å²) in [6.07, 6.45) is 6.63. The van der Waals surface area contributed by atoms with Gasteiger partial charge in [0.15, 0.2) is 0 Å². The predicted octanol–water partition coefficient (Wildman–Crippen LogP) is 3.71. The van der Waals surface area contributed by atoms with Crippen molar-refractivity contribution in [2.75, 3.05) is 0 Å². The maximum absolute atomic E-state index is 5.82. The highest BCUT2D eigenvalue weighted by Crippen LogP contribution is 2.10. The molecule has 0 aromatic carbocycles. The zero-order valence-electron chi connectivity index (χ0n) is 6.28. The molecule has 0 N–H and O–H groups in total. The number of rotatable bonds is 4. The van der Waals surface area contributed by atoms with Crippen molar-refractivity contribution in [2.45, 2.75) is 39.5 Å². The second kappa shape index (κ2) is 6.15. The van der Waals surface area contributed by atoms with Gasteiger partial charge in [-0.25, -0.2) is 0 Å². The van der Waals surface area contributed by atoms with E-state index in [1.165, 1.54) is 6.42 Å². The monoisotopic (exact) mass is 146 g/mol. The molecule has 0 fully saturated rings. The van der Waals surface area contributed by atoms with E-state index in [4.69, 9.17) is 11.6 Å². The van der Waals surface area contributed by atoms with E-state index >= 15 is 0 Å². The van der Waals surface area contributed by atoms with Crippen molar-refractivity contribution in [1.29, 1.82) is 0 Å². The van der Waals surface area contributed by atoms with Crippen LogP contribution in [0.1, 0.15) is 39.5 Å². The van der Waals surface area contributed by atoms with Crippen LogP contribution in [0, 0.1) is 0 Å². The summed E-state index contributed by atoms with van der Waals surface area (Å²) in [5, 5.41) is 1.03. The van der Waals surface area contributed by atoms with E-state index < -0.39 is 0 Å². The van der Waals surface area contributed by atoms with Gasteiger partial charge in [-0.3, -0.25) is 0 Å². The third-order valence-electron chi connectivity index (χ3n) is 1.14. The minimum atomic E-state index is 1.03. The van der Waals surface area contributed by atoms with Gasteiger partial charge in [-0.15, -0.1) is 0 Å². The first-order valence-corrected chi connectivity index (χ1v) is 4.03. The standard InChI is InChI=1S/C8H15Cl/c1-3-5-7-8(9)6-4-2/h7H,3-6H2,1-2H3. The number of allylic oxidation sites excluding steroid dienone is 2. The van der Waals surface area contributed by atoms with Crippen LogP contribution in [0.5, 0.6) is 0 Å². The van der Waals surface area contributed by atoms with Crippen LogP contribution in [0.25, 0.3) is 0 Å². The largest absolute Gasteiger partial charge is 0.0895 e. The Morgan fingerprint density at radius 3 is 2.44 bits per heavy atom. The zero-order chi connectivity index (χ0) is 7.11. The molecule has 0 spiro atoms. The summed E-state index contributed by atoms with van der Waals surface area (Å²) < 4.78 is 0. The Hall–Kier alpha value is 0.0300. The average Bonchev–Trinajstić information content (AvgIpc) is 1.85. The molecule has 0 rings (SSSR count). The number of halogens is 1. The SMILES string of the molecule is CCCC=C(Cl)CCC. The minimum absolute atomic E-state index is 1.03. The van der Waals surface area contributed by atoms with Crippen LogP contribution in [0.2, 0.25) is 0 Å². The first kappa shape index (κ1) is 9.03. The van der Waals surface area contributed by atoms with Crippen LogP contribution in [0.3, 0.4) is 0 Å². The lowest BCUT2D eigenvalue weighted by molar-refractivity contribution is 0.910. The molecule has 0 aromatic heterocycles. The lowest BCUT2D eigenvalue weighted by Crippen LogP contribution is -1.71. The van der Waals surface area contributed by atoms with Crippen molar-refractivity contribution >= 4 is 11.6 Å². The summed E-state index contributed by atoms with van der Waals surface area (Å²) >= 11 is 5.82. The Morgan fingerprint density at radius 1 is 1.33 bits per heavy atom. The maximum atomic E-state index is 5.82. The van der Waals surface area contributed by atoms with Gasteiger partial charge in [0.2, 0.25) is 0 Å². The first-order valence-electron chi connectivity index (χ1n) is 3.65. The van der Waals surface area contributed by atoms with Crippen molar-refractivity contribution < 1.29 is 0 Å². The number of unbranched alkanes of at least 4 members (excludes halogenated alkanes) is 1. The van der Waals surface area contributed by atoms with Crippen molar-refractivity contribution in [3.63, 3.8) is 0 Å². The molecule has 0 saturated heterocycles. The highest BCUT2D eigenvalue weighted by atomic mass is 35.5. The van der Waals surface area contributed by atoms with Crippen LogP contribution in [0.4, 0.5) is 0 Å². The molecule has 0 bridgehead atoms. The molecule has 0 aliphatic heterocycles. The van der Waals surface area contributed by atoms with Crippen molar-refractivity contribution in [1.82, 2.24) is 0 Å². The van der Waals surface area contributed by atoms with Crippen LogP contribution < -0.4 is 0 Å². The first-order chi connectivity index (χ1) is 4.31. The fraction of sp³-hybridized carbons (Fsp3) is 0.750. The maximum Gasteiger partial charge on any atom is 0.0141 e. The second-order valence-corrected chi connectivity index (χ2v) is 2.68. The van der Waals surface area contributed by atoms with E-state index in [1.807, 2.05) is 0 Å². The smallest absolute Gasteiger partial charge is 0.0141 e. The normalized spacial score (nSPS) is 12.1. The van der Waals surface area contributed by atoms with Crippen molar-refractivity contribution in [3.8, 4) is 0 Å². The van der Waals surface area contributed by atoms with Crippen LogP contribution in [-0.2, 0) is 0 Å². The Labute approximate surface area is 62.9 Å². The molecule has 0 heterocycles. The van der Waals surface area contributed by atoms with E-state index in [-0.39, 0.29) is 0 Å². The molecular weight excluding hydrogens is 132 g/mol. The molecule has 0 aliphatic carbocycles. The van der Waals surface area contributed by atoms with Crippen LogP contribution in [-0.4, -0.2) is 0 Å². The van der Waals surface area contributed by atoms with Crippen LogP contribution >= 0.6 is 11.6 Å². The molecular formula is C8H15Cl. The topological polar surface area (TPSA) is 0 Å². The summed E-state index contributed by atoms with van der Waals surface area (Å²) in [5.74, 6) is 0. The molecule has 0 radical (unpaired) electrons. The number of hydrogen-bond donors (Lipinski definition) is 0. The van der Waals surface area contributed by atoms with E-state index in [1.54, 1.807) is 0 Å². The van der Waals surface area contributed by atoms with Gasteiger partial charge >= 0.3 is 0 Å².